The second kappa shape index (κ2) is 7.80. The lowest BCUT2D eigenvalue weighted by molar-refractivity contribution is 0.180. The van der Waals surface area contributed by atoms with Gasteiger partial charge in [-0.15, -0.1) is 0 Å². The van der Waals surface area contributed by atoms with Crippen LogP contribution in [0.25, 0.3) is 11.4 Å². The van der Waals surface area contributed by atoms with Gasteiger partial charge in [0.15, 0.2) is 0 Å². The van der Waals surface area contributed by atoms with Crippen molar-refractivity contribution in [1.82, 2.24) is 20.4 Å². The maximum absolute atomic E-state index is 12.6. The lowest BCUT2D eigenvalue weighted by Crippen LogP contribution is -2.39. The molecule has 3 aromatic rings. The minimum absolute atomic E-state index is 0.118. The summed E-state index contributed by atoms with van der Waals surface area (Å²) in [5.74, 6) is 0.963. The third-order valence-electron chi connectivity index (χ3n) is 4.63. The van der Waals surface area contributed by atoms with E-state index in [-0.39, 0.29) is 12.1 Å². The van der Waals surface area contributed by atoms with E-state index in [2.05, 4.69) is 15.5 Å². The van der Waals surface area contributed by atoms with Gasteiger partial charge < -0.3 is 14.7 Å². The molecule has 1 fully saturated rings. The number of urea groups is 1. The highest BCUT2D eigenvalue weighted by Gasteiger charge is 2.34. The van der Waals surface area contributed by atoms with E-state index in [1.54, 1.807) is 17.0 Å². The first kappa shape index (κ1) is 17.5. The Morgan fingerprint density at radius 2 is 1.96 bits per heavy atom. The molecule has 27 heavy (non-hydrogen) atoms. The predicted octanol–water partition coefficient (Wildman–Crippen LogP) is 4.44. The largest absolute Gasteiger partial charge is 0.337 e. The number of nitrogens with one attached hydrogen (secondary N) is 1. The lowest BCUT2D eigenvalue weighted by atomic mass is 10.2. The normalized spacial score (nSPS) is 16.5. The molecule has 0 saturated carbocycles. The van der Waals surface area contributed by atoms with Crippen molar-refractivity contribution in [3.8, 4) is 11.4 Å². The SMILES string of the molecule is O=C(NCc1ccccc1)N1CCCC1c1nc(-c2ccc(Cl)cc2)no1. The van der Waals surface area contributed by atoms with Crippen molar-refractivity contribution >= 4 is 17.6 Å². The number of likely N-dealkylation sites (tertiary alicyclic amines) is 1. The molecule has 0 radical (unpaired) electrons. The van der Waals surface area contributed by atoms with Crippen LogP contribution < -0.4 is 5.32 Å². The zero-order chi connectivity index (χ0) is 18.6. The van der Waals surface area contributed by atoms with Crippen molar-refractivity contribution in [2.24, 2.45) is 0 Å². The molecule has 2 amide bonds. The van der Waals surface area contributed by atoms with Crippen LogP contribution in [-0.2, 0) is 6.54 Å². The molecule has 7 heteroatoms. The zero-order valence-electron chi connectivity index (χ0n) is 14.6. The van der Waals surface area contributed by atoms with E-state index in [0.717, 1.165) is 24.0 Å². The van der Waals surface area contributed by atoms with Gasteiger partial charge in [-0.2, -0.15) is 4.98 Å². The molecule has 1 N–H and O–H groups in total. The molecule has 0 bridgehead atoms. The van der Waals surface area contributed by atoms with E-state index in [1.165, 1.54) is 0 Å². The van der Waals surface area contributed by atoms with E-state index in [1.807, 2.05) is 42.5 Å². The Bertz CT molecular complexity index is 911. The fraction of sp³-hybridized carbons (Fsp3) is 0.250. The molecule has 1 aromatic heterocycles. The predicted molar refractivity (Wildman–Crippen MR) is 102 cm³/mol. The van der Waals surface area contributed by atoms with Crippen molar-refractivity contribution in [2.75, 3.05) is 6.54 Å². The molecular formula is C20H19ClN4O2. The fourth-order valence-corrected chi connectivity index (χ4v) is 3.35. The summed E-state index contributed by atoms with van der Waals surface area (Å²) < 4.78 is 5.46. The summed E-state index contributed by atoms with van der Waals surface area (Å²) in [6, 6.07) is 16.8. The third kappa shape index (κ3) is 3.95. The molecule has 138 valence electrons. The Hall–Kier alpha value is -2.86. The van der Waals surface area contributed by atoms with Crippen molar-refractivity contribution in [3.05, 3.63) is 71.1 Å². The van der Waals surface area contributed by atoms with Crippen LogP contribution in [0.5, 0.6) is 0 Å². The summed E-state index contributed by atoms with van der Waals surface area (Å²) in [7, 11) is 0. The first-order valence-electron chi connectivity index (χ1n) is 8.88. The number of halogens is 1. The van der Waals surface area contributed by atoms with Gasteiger partial charge in [0.2, 0.25) is 11.7 Å². The Labute approximate surface area is 162 Å². The van der Waals surface area contributed by atoms with Gasteiger partial charge in [0, 0.05) is 23.7 Å². The minimum Gasteiger partial charge on any atom is -0.337 e. The number of carbonyl (C=O) groups excluding carboxylic acids is 1. The van der Waals surface area contributed by atoms with Gasteiger partial charge in [-0.05, 0) is 42.7 Å². The number of amides is 2. The zero-order valence-corrected chi connectivity index (χ0v) is 15.4. The van der Waals surface area contributed by atoms with E-state index in [4.69, 9.17) is 16.1 Å². The van der Waals surface area contributed by atoms with Crippen molar-refractivity contribution in [1.29, 1.82) is 0 Å². The Morgan fingerprint density at radius 1 is 1.19 bits per heavy atom. The molecular weight excluding hydrogens is 364 g/mol. The minimum atomic E-state index is -0.200. The number of hydrogen-bond donors (Lipinski definition) is 1. The number of carbonyl (C=O) groups is 1. The number of hydrogen-bond acceptors (Lipinski definition) is 4. The Balaban J connectivity index is 1.45. The van der Waals surface area contributed by atoms with Crippen LogP contribution in [0.2, 0.25) is 5.02 Å². The highest BCUT2D eigenvalue weighted by atomic mass is 35.5. The molecule has 0 aliphatic carbocycles. The van der Waals surface area contributed by atoms with Crippen LogP contribution in [0.3, 0.4) is 0 Å². The molecule has 6 nitrogen and oxygen atoms in total. The number of nitrogens with zero attached hydrogens (tertiary/aromatic N) is 3. The van der Waals surface area contributed by atoms with Gasteiger partial charge in [-0.1, -0.05) is 47.1 Å². The molecule has 1 saturated heterocycles. The highest BCUT2D eigenvalue weighted by molar-refractivity contribution is 6.30. The second-order valence-electron chi connectivity index (χ2n) is 6.46. The molecule has 2 aromatic carbocycles. The van der Waals surface area contributed by atoms with Gasteiger partial charge in [0.25, 0.3) is 0 Å². The van der Waals surface area contributed by atoms with Crippen LogP contribution >= 0.6 is 11.6 Å². The second-order valence-corrected chi connectivity index (χ2v) is 6.90. The molecule has 4 rings (SSSR count). The van der Waals surface area contributed by atoms with Gasteiger partial charge in [-0.3, -0.25) is 0 Å². The van der Waals surface area contributed by atoms with Crippen molar-refractivity contribution in [2.45, 2.75) is 25.4 Å². The quantitative estimate of drug-likeness (QED) is 0.724. The molecule has 1 aliphatic rings. The number of rotatable bonds is 4. The lowest BCUT2D eigenvalue weighted by Gasteiger charge is -2.22. The monoisotopic (exact) mass is 382 g/mol. The number of aromatic nitrogens is 2. The van der Waals surface area contributed by atoms with Crippen LogP contribution in [0.15, 0.2) is 59.1 Å². The van der Waals surface area contributed by atoms with E-state index in [9.17, 15) is 4.79 Å². The van der Waals surface area contributed by atoms with Crippen LogP contribution in [0.4, 0.5) is 4.79 Å². The average Bonchev–Trinajstić information content (AvgIpc) is 3.37. The molecule has 0 spiro atoms. The fourth-order valence-electron chi connectivity index (χ4n) is 3.23. The first-order chi connectivity index (χ1) is 13.2. The Morgan fingerprint density at radius 3 is 2.74 bits per heavy atom. The maximum atomic E-state index is 12.6. The first-order valence-corrected chi connectivity index (χ1v) is 9.26. The summed E-state index contributed by atoms with van der Waals surface area (Å²) in [4.78, 5) is 18.9. The standard InChI is InChI=1S/C20H19ClN4O2/c21-16-10-8-15(9-11-16)18-23-19(27-24-18)17-7-4-12-25(17)20(26)22-13-14-5-2-1-3-6-14/h1-3,5-6,8-11,17H,4,7,12-13H2,(H,22,26). The van der Waals surface area contributed by atoms with Gasteiger partial charge >= 0.3 is 6.03 Å². The maximum Gasteiger partial charge on any atom is 0.318 e. The van der Waals surface area contributed by atoms with E-state index < -0.39 is 0 Å². The summed E-state index contributed by atoms with van der Waals surface area (Å²) in [6.45, 7) is 1.16. The molecule has 1 aliphatic heterocycles. The van der Waals surface area contributed by atoms with Crippen molar-refractivity contribution in [3.63, 3.8) is 0 Å². The summed E-state index contributed by atoms with van der Waals surface area (Å²) in [5.41, 5.74) is 1.89. The van der Waals surface area contributed by atoms with Crippen LogP contribution in [-0.4, -0.2) is 27.6 Å². The Kier molecular flexibility index (Phi) is 5.07. The van der Waals surface area contributed by atoms with Crippen molar-refractivity contribution < 1.29 is 9.32 Å². The molecule has 1 atom stereocenters. The topological polar surface area (TPSA) is 71.3 Å². The van der Waals surface area contributed by atoms with Gasteiger partial charge in [0.05, 0.1) is 0 Å². The highest BCUT2D eigenvalue weighted by Crippen LogP contribution is 2.32. The van der Waals surface area contributed by atoms with Gasteiger partial charge in [0.1, 0.15) is 6.04 Å². The van der Waals surface area contributed by atoms with Crippen LogP contribution in [0.1, 0.15) is 30.3 Å². The number of benzene rings is 2. The molecule has 2 heterocycles. The summed E-state index contributed by atoms with van der Waals surface area (Å²) >= 11 is 5.92. The average molecular weight is 383 g/mol. The third-order valence-corrected chi connectivity index (χ3v) is 4.88. The van der Waals surface area contributed by atoms with Crippen LogP contribution in [0, 0.1) is 0 Å². The smallest absolute Gasteiger partial charge is 0.318 e. The molecule has 1 unspecified atom stereocenters. The summed E-state index contributed by atoms with van der Waals surface area (Å²) in [5, 5.41) is 7.68. The summed E-state index contributed by atoms with van der Waals surface area (Å²) in [6.07, 6.45) is 1.71. The van der Waals surface area contributed by atoms with E-state index >= 15 is 0 Å². The van der Waals surface area contributed by atoms with Gasteiger partial charge in [-0.25, -0.2) is 4.79 Å². The van der Waals surface area contributed by atoms with E-state index in [0.29, 0.717) is 29.8 Å².